The van der Waals surface area contributed by atoms with Crippen LogP contribution >= 0.6 is 0 Å². The minimum absolute atomic E-state index is 0.559. The van der Waals surface area contributed by atoms with Crippen LogP contribution in [-0.2, 0) is 0 Å². The molecule has 0 aliphatic carbocycles. The first-order valence-electron chi connectivity index (χ1n) is 9.10. The van der Waals surface area contributed by atoms with E-state index in [2.05, 4.69) is 37.3 Å². The van der Waals surface area contributed by atoms with Crippen LogP contribution < -0.4 is 20.1 Å². The summed E-state index contributed by atoms with van der Waals surface area (Å²) >= 11 is 0. The number of anilines is 3. The molecular weight excluding hydrogens is 354 g/mol. The summed E-state index contributed by atoms with van der Waals surface area (Å²) in [6.07, 6.45) is 1.77. The molecule has 2 aromatic carbocycles. The topological polar surface area (TPSA) is 73.2 Å². The number of hydrogen-bond acceptors (Lipinski definition) is 6. The van der Waals surface area contributed by atoms with Crippen molar-refractivity contribution in [2.45, 2.75) is 0 Å². The van der Waals surface area contributed by atoms with E-state index in [1.54, 1.807) is 6.20 Å². The molecule has 0 saturated heterocycles. The first-order valence-corrected chi connectivity index (χ1v) is 9.10. The maximum Gasteiger partial charge on any atom is 0.208 e. The van der Waals surface area contributed by atoms with Gasteiger partial charge in [0, 0.05) is 30.6 Å². The first kappa shape index (κ1) is 16.4. The second-order valence-electron chi connectivity index (χ2n) is 6.40. The third kappa shape index (κ3) is 2.87. The van der Waals surface area contributed by atoms with E-state index < -0.39 is 0 Å². The lowest BCUT2D eigenvalue weighted by Crippen LogP contribution is -2.15. The molecule has 7 nitrogen and oxygen atoms in total. The molecule has 7 heteroatoms. The molecule has 0 unspecified atom stereocenters. The van der Waals surface area contributed by atoms with Crippen LogP contribution in [-0.4, -0.2) is 34.8 Å². The van der Waals surface area contributed by atoms with Gasteiger partial charge >= 0.3 is 0 Å². The highest BCUT2D eigenvalue weighted by Gasteiger charge is 2.14. The van der Waals surface area contributed by atoms with Crippen molar-refractivity contribution in [2.75, 3.05) is 30.9 Å². The predicted molar refractivity (Wildman–Crippen MR) is 109 cm³/mol. The van der Waals surface area contributed by atoms with Crippen molar-refractivity contribution in [1.29, 1.82) is 0 Å². The fraction of sp³-hybridized carbons (Fsp3) is 0.143. The van der Waals surface area contributed by atoms with E-state index in [1.807, 2.05) is 49.5 Å². The Morgan fingerprint density at radius 2 is 1.79 bits per heavy atom. The van der Waals surface area contributed by atoms with Gasteiger partial charge in [0.05, 0.1) is 11.7 Å². The Kier molecular flexibility index (Phi) is 3.97. The highest BCUT2D eigenvalue weighted by molar-refractivity contribution is 5.83. The predicted octanol–water partition coefficient (Wildman–Crippen LogP) is 3.98. The summed E-state index contributed by atoms with van der Waals surface area (Å²) in [7, 11) is 1.86. The van der Waals surface area contributed by atoms with E-state index in [1.165, 1.54) is 0 Å². The molecule has 0 bridgehead atoms. The Bertz CT molecular complexity index is 1140. The van der Waals surface area contributed by atoms with Gasteiger partial charge in [-0.15, -0.1) is 0 Å². The minimum atomic E-state index is 0.559. The zero-order valence-electron chi connectivity index (χ0n) is 15.3. The Balaban J connectivity index is 1.54. The molecule has 3 heterocycles. The molecule has 0 saturated carbocycles. The highest BCUT2D eigenvalue weighted by Crippen LogP contribution is 2.34. The molecule has 5 rings (SSSR count). The van der Waals surface area contributed by atoms with Gasteiger partial charge < -0.3 is 20.1 Å². The molecular formula is C21H19N5O2. The first-order chi connectivity index (χ1) is 13.8. The Hall–Kier alpha value is -3.74. The quantitative estimate of drug-likeness (QED) is 0.564. The number of imidazole rings is 1. The number of fused-ring (bicyclic) bond motifs is 2. The Morgan fingerprint density at radius 1 is 0.964 bits per heavy atom. The van der Waals surface area contributed by atoms with E-state index in [0.29, 0.717) is 13.2 Å². The average Bonchev–Trinajstić information content (AvgIpc) is 3.12. The third-order valence-corrected chi connectivity index (χ3v) is 4.59. The van der Waals surface area contributed by atoms with Crippen molar-refractivity contribution in [3.63, 3.8) is 0 Å². The molecule has 2 N–H and O–H groups in total. The average molecular weight is 373 g/mol. The summed E-state index contributed by atoms with van der Waals surface area (Å²) < 4.78 is 13.3. The van der Waals surface area contributed by atoms with Crippen LogP contribution in [0.2, 0.25) is 0 Å². The summed E-state index contributed by atoms with van der Waals surface area (Å²) in [5, 5.41) is 6.50. The van der Waals surface area contributed by atoms with Gasteiger partial charge in [-0.1, -0.05) is 18.2 Å². The van der Waals surface area contributed by atoms with Crippen molar-refractivity contribution < 1.29 is 9.47 Å². The van der Waals surface area contributed by atoms with Crippen molar-refractivity contribution in [2.24, 2.45) is 0 Å². The molecule has 140 valence electrons. The third-order valence-electron chi connectivity index (χ3n) is 4.59. The standard InChI is InChI=1S/C21H19N5O2/c1-22-21-25-16-13-23-20(12-17(16)26(21)15-5-3-2-4-6-15)24-14-7-8-18-19(11-14)28-10-9-27-18/h2-8,11-13H,9-10H2,1H3,(H,22,25)(H,23,24). The lowest BCUT2D eigenvalue weighted by Gasteiger charge is -2.19. The molecule has 28 heavy (non-hydrogen) atoms. The van der Waals surface area contributed by atoms with Crippen LogP contribution in [0.4, 0.5) is 17.5 Å². The smallest absolute Gasteiger partial charge is 0.208 e. The molecule has 0 fully saturated rings. The molecule has 0 radical (unpaired) electrons. The maximum absolute atomic E-state index is 5.66. The van der Waals surface area contributed by atoms with E-state index in [4.69, 9.17) is 9.47 Å². The van der Waals surface area contributed by atoms with E-state index in [0.717, 1.165) is 45.7 Å². The highest BCUT2D eigenvalue weighted by atomic mass is 16.6. The molecule has 0 amide bonds. The largest absolute Gasteiger partial charge is 0.486 e. The van der Waals surface area contributed by atoms with Gasteiger partial charge in [0.2, 0.25) is 5.95 Å². The van der Waals surface area contributed by atoms with Gasteiger partial charge in [-0.3, -0.25) is 4.57 Å². The second-order valence-corrected chi connectivity index (χ2v) is 6.40. The number of benzene rings is 2. The Morgan fingerprint density at radius 3 is 2.61 bits per heavy atom. The van der Waals surface area contributed by atoms with Crippen molar-refractivity contribution in [3.8, 4) is 17.2 Å². The normalized spacial score (nSPS) is 12.8. The minimum Gasteiger partial charge on any atom is -0.486 e. The summed E-state index contributed by atoms with van der Waals surface area (Å²) in [6.45, 7) is 1.14. The zero-order valence-corrected chi connectivity index (χ0v) is 15.3. The van der Waals surface area contributed by atoms with E-state index in [-0.39, 0.29) is 0 Å². The lowest BCUT2D eigenvalue weighted by atomic mass is 10.2. The molecule has 1 aliphatic heterocycles. The molecule has 1 aliphatic rings. The van der Waals surface area contributed by atoms with E-state index >= 15 is 0 Å². The maximum atomic E-state index is 5.66. The van der Waals surface area contributed by atoms with Gasteiger partial charge in [-0.2, -0.15) is 0 Å². The van der Waals surface area contributed by atoms with Crippen molar-refractivity contribution in [3.05, 3.63) is 60.8 Å². The Labute approximate surface area is 162 Å². The fourth-order valence-corrected chi connectivity index (χ4v) is 3.32. The lowest BCUT2D eigenvalue weighted by molar-refractivity contribution is 0.171. The van der Waals surface area contributed by atoms with Gasteiger partial charge in [0.15, 0.2) is 11.5 Å². The van der Waals surface area contributed by atoms with Gasteiger partial charge in [0.25, 0.3) is 0 Å². The number of nitrogens with zero attached hydrogens (tertiary/aromatic N) is 3. The SMILES string of the molecule is CNc1nc2cnc(Nc3ccc4c(c3)OCCO4)cc2n1-c1ccccc1. The summed E-state index contributed by atoms with van der Waals surface area (Å²) in [4.78, 5) is 9.15. The number of nitrogens with one attached hydrogen (secondary N) is 2. The summed E-state index contributed by atoms with van der Waals surface area (Å²) in [5.74, 6) is 2.99. The fourth-order valence-electron chi connectivity index (χ4n) is 3.32. The number of rotatable bonds is 4. The van der Waals surface area contributed by atoms with E-state index in [9.17, 15) is 0 Å². The van der Waals surface area contributed by atoms with Gasteiger partial charge in [0.1, 0.15) is 24.5 Å². The van der Waals surface area contributed by atoms with Crippen LogP contribution in [0.3, 0.4) is 0 Å². The molecule has 4 aromatic rings. The van der Waals surface area contributed by atoms with Crippen LogP contribution in [0.25, 0.3) is 16.7 Å². The van der Waals surface area contributed by atoms with Crippen molar-refractivity contribution >= 4 is 28.5 Å². The summed E-state index contributed by atoms with van der Waals surface area (Å²) in [6, 6.07) is 17.9. The zero-order chi connectivity index (χ0) is 18.9. The molecule has 2 aromatic heterocycles. The monoisotopic (exact) mass is 373 g/mol. The number of ether oxygens (including phenoxy) is 2. The molecule has 0 atom stereocenters. The van der Waals surface area contributed by atoms with Crippen molar-refractivity contribution in [1.82, 2.24) is 14.5 Å². The molecule has 0 spiro atoms. The summed E-state index contributed by atoms with van der Waals surface area (Å²) in [5.41, 5.74) is 3.70. The van der Waals surface area contributed by atoms with Crippen LogP contribution in [0.1, 0.15) is 0 Å². The van der Waals surface area contributed by atoms with Crippen LogP contribution in [0.15, 0.2) is 60.8 Å². The van der Waals surface area contributed by atoms with Gasteiger partial charge in [-0.25, -0.2) is 9.97 Å². The second kappa shape index (κ2) is 6.77. The number of aromatic nitrogens is 3. The number of para-hydroxylation sites is 1. The van der Waals surface area contributed by atoms with Gasteiger partial charge in [-0.05, 0) is 24.3 Å². The number of pyridine rings is 1. The number of hydrogen-bond donors (Lipinski definition) is 2. The van der Waals surface area contributed by atoms with Crippen LogP contribution in [0.5, 0.6) is 11.5 Å². The van der Waals surface area contributed by atoms with Crippen LogP contribution in [0, 0.1) is 0 Å².